The van der Waals surface area contributed by atoms with Gasteiger partial charge in [-0.05, 0) is 24.3 Å². The maximum atomic E-state index is 2.17. The van der Waals surface area contributed by atoms with Crippen molar-refractivity contribution in [2.75, 3.05) is 0 Å². The lowest BCUT2D eigenvalue weighted by molar-refractivity contribution is -0.586. The zero-order valence-corrected chi connectivity index (χ0v) is 9.87. The maximum absolute atomic E-state index is 2.17. The van der Waals surface area contributed by atoms with E-state index < -0.39 is 0 Å². The number of rotatable bonds is 2. The number of hydrogen-bond acceptors (Lipinski definition) is 0. The van der Waals surface area contributed by atoms with Gasteiger partial charge in [-0.2, -0.15) is 0 Å². The van der Waals surface area contributed by atoms with E-state index in [1.165, 1.54) is 8.95 Å². The van der Waals surface area contributed by atoms with Gasteiger partial charge < -0.3 is 12.4 Å². The fourth-order valence-electron chi connectivity index (χ4n) is 1.08. The third-order valence-electron chi connectivity index (χ3n) is 1.68. The molecule has 0 aliphatic heterocycles. The van der Waals surface area contributed by atoms with Gasteiger partial charge in [0.15, 0.2) is 0 Å². The van der Waals surface area contributed by atoms with Crippen molar-refractivity contribution >= 4 is 0 Å². The summed E-state index contributed by atoms with van der Waals surface area (Å²) in [5.41, 5.74) is 0. The third-order valence-corrected chi connectivity index (χ3v) is 3.66. The van der Waals surface area contributed by atoms with Crippen LogP contribution >= 0.6 is 0 Å². The molecule has 0 saturated heterocycles. The van der Waals surface area contributed by atoms with Crippen molar-refractivity contribution in [1.82, 2.24) is 0 Å². The maximum Gasteiger partial charge on any atom is 0.319 e. The molecule has 0 aliphatic carbocycles. The minimum atomic E-state index is 0. The summed E-state index contributed by atoms with van der Waals surface area (Å²) in [5, 5.41) is 0. The predicted molar refractivity (Wildman–Crippen MR) is 50.4 cm³/mol. The highest BCUT2D eigenvalue weighted by Gasteiger charge is 2.12. The minimum Gasteiger partial charge on any atom is -1.00 e. The van der Waals surface area contributed by atoms with E-state index in [4.69, 9.17) is 0 Å². The summed E-state index contributed by atoms with van der Waals surface area (Å²) in [5.74, 6) is 0. The molecule has 0 saturated carbocycles. The van der Waals surface area contributed by atoms with Gasteiger partial charge in [0, 0.05) is 0 Å². The van der Waals surface area contributed by atoms with Crippen LogP contribution in [0.2, 0.25) is 0 Å². The zero-order valence-electron chi connectivity index (χ0n) is 7.53. The SMILES string of the molecule is [Cl-].c1ccc([Br+]c2ccccc2)cc1. The molecule has 2 aromatic carbocycles. The van der Waals surface area contributed by atoms with Gasteiger partial charge in [0.25, 0.3) is 0 Å². The van der Waals surface area contributed by atoms with Crippen LogP contribution in [-0.4, -0.2) is 0 Å². The van der Waals surface area contributed by atoms with Crippen molar-refractivity contribution in [2.24, 2.45) is 0 Å². The second-order valence-electron chi connectivity index (χ2n) is 2.69. The first-order valence-electron chi connectivity index (χ1n) is 4.20. The Kier molecular flexibility index (Phi) is 4.71. The van der Waals surface area contributed by atoms with E-state index in [-0.39, 0.29) is 12.4 Å². The summed E-state index contributed by atoms with van der Waals surface area (Å²) in [6.45, 7) is 0. The molecule has 0 N–H and O–H groups in total. The predicted octanol–water partition coefficient (Wildman–Crippen LogP) is 0.211. The van der Waals surface area contributed by atoms with Crippen LogP contribution in [-0.2, 0) is 0 Å². The molecule has 0 aliphatic rings. The molecule has 0 unspecified atom stereocenters. The molecule has 0 radical (unpaired) electrons. The first kappa shape index (κ1) is 11.3. The molecule has 0 spiro atoms. The molecule has 14 heavy (non-hydrogen) atoms. The van der Waals surface area contributed by atoms with Crippen molar-refractivity contribution in [3.63, 3.8) is 0 Å². The normalized spacial score (nSPS) is 9.14. The van der Waals surface area contributed by atoms with E-state index in [1.54, 1.807) is 0 Å². The number of hydrogen-bond donors (Lipinski definition) is 0. The van der Waals surface area contributed by atoms with Gasteiger partial charge in [0.2, 0.25) is 8.95 Å². The van der Waals surface area contributed by atoms with Gasteiger partial charge >= 0.3 is 14.9 Å². The van der Waals surface area contributed by atoms with E-state index in [1.807, 2.05) is 0 Å². The second kappa shape index (κ2) is 5.84. The average molecular weight is 270 g/mol. The molecule has 0 aromatic heterocycles. The highest BCUT2D eigenvalue weighted by Crippen LogP contribution is 2.11. The Morgan fingerprint density at radius 2 is 0.929 bits per heavy atom. The smallest absolute Gasteiger partial charge is 0.319 e. The molecule has 0 fully saturated rings. The molecule has 2 heteroatoms. The van der Waals surface area contributed by atoms with Crippen LogP contribution in [0.3, 0.4) is 0 Å². The lowest BCUT2D eigenvalue weighted by atomic mass is 10.4. The van der Waals surface area contributed by atoms with Gasteiger partial charge in [-0.1, -0.05) is 36.4 Å². The van der Waals surface area contributed by atoms with Gasteiger partial charge in [-0.3, -0.25) is 0 Å². The lowest BCUT2D eigenvalue weighted by Crippen LogP contribution is -3.00. The van der Waals surface area contributed by atoms with Gasteiger partial charge in [-0.15, -0.1) is 0 Å². The van der Waals surface area contributed by atoms with E-state index in [0.717, 1.165) is 14.9 Å². The van der Waals surface area contributed by atoms with Crippen LogP contribution < -0.4 is 12.4 Å². The van der Waals surface area contributed by atoms with E-state index in [0.29, 0.717) is 0 Å². The van der Waals surface area contributed by atoms with Gasteiger partial charge in [0.1, 0.15) is 0 Å². The Bertz CT molecular complexity index is 321. The van der Waals surface area contributed by atoms with Gasteiger partial charge in [0.05, 0.1) is 0 Å². The zero-order chi connectivity index (χ0) is 8.93. The summed E-state index contributed by atoms with van der Waals surface area (Å²) < 4.78 is 2.80. The molecule has 0 amide bonds. The summed E-state index contributed by atoms with van der Waals surface area (Å²) in [7, 11) is 0. The highest BCUT2D eigenvalue weighted by molar-refractivity contribution is 5.04. The summed E-state index contributed by atoms with van der Waals surface area (Å²) in [4.78, 5) is 0. The van der Waals surface area contributed by atoms with Crippen LogP contribution in [0, 0.1) is 14.9 Å². The van der Waals surface area contributed by atoms with E-state index in [9.17, 15) is 0 Å². The monoisotopic (exact) mass is 268 g/mol. The summed E-state index contributed by atoms with van der Waals surface area (Å²) >= 11 is 0.745. The number of benzene rings is 2. The lowest BCUT2D eigenvalue weighted by Gasteiger charge is -1.84. The molecule has 0 bridgehead atoms. The number of halogens is 2. The van der Waals surface area contributed by atoms with Crippen LogP contribution in [0.5, 0.6) is 0 Å². The average Bonchev–Trinajstić information content (AvgIpc) is 2.21. The van der Waals surface area contributed by atoms with Gasteiger partial charge in [-0.25, -0.2) is 0 Å². The molecule has 0 atom stereocenters. The Hall–Kier alpha value is -0.790. The van der Waals surface area contributed by atoms with Crippen molar-refractivity contribution in [3.8, 4) is 0 Å². The summed E-state index contributed by atoms with van der Waals surface area (Å²) in [6, 6.07) is 21.2. The highest BCUT2D eigenvalue weighted by atomic mass is 79.9. The first-order valence-corrected chi connectivity index (χ1v) is 5.79. The Morgan fingerprint density at radius 3 is 1.29 bits per heavy atom. The van der Waals surface area contributed by atoms with E-state index >= 15 is 0 Å². The molecule has 72 valence electrons. The van der Waals surface area contributed by atoms with Crippen LogP contribution in [0.4, 0.5) is 0 Å². The first-order chi connectivity index (χ1) is 6.45. The fraction of sp³-hybridized carbons (Fsp3) is 0. The van der Waals surface area contributed by atoms with Crippen LogP contribution in [0.15, 0.2) is 69.6 Å². The molecule has 2 aromatic rings. The fourth-order valence-corrected chi connectivity index (χ4v) is 2.75. The molecule has 2 rings (SSSR count). The molecule has 0 nitrogen and oxygen atoms in total. The Morgan fingerprint density at radius 1 is 0.571 bits per heavy atom. The Balaban J connectivity index is 0.000000980. The van der Waals surface area contributed by atoms with Crippen LogP contribution in [0.25, 0.3) is 0 Å². The topological polar surface area (TPSA) is 0 Å². The largest absolute Gasteiger partial charge is 1.00 e. The van der Waals surface area contributed by atoms with Crippen molar-refractivity contribution < 1.29 is 27.3 Å². The van der Waals surface area contributed by atoms with Crippen molar-refractivity contribution in [1.29, 1.82) is 0 Å². The quantitative estimate of drug-likeness (QED) is 0.731. The minimum absolute atomic E-state index is 0. The molecule has 0 heterocycles. The van der Waals surface area contributed by atoms with E-state index in [2.05, 4.69) is 60.7 Å². The molecular formula is C12H10BrCl. The standard InChI is InChI=1S/C12H10Br.ClH/c1-3-7-11(8-4-1)13-12-9-5-2-6-10-12;/h1-10H;1H/q+1;/p-1. The Labute approximate surface area is 96.9 Å². The van der Waals surface area contributed by atoms with Crippen LogP contribution in [0.1, 0.15) is 0 Å². The second-order valence-corrected chi connectivity index (χ2v) is 4.91. The molecular weight excluding hydrogens is 259 g/mol. The summed E-state index contributed by atoms with van der Waals surface area (Å²) in [6.07, 6.45) is 0. The third kappa shape index (κ3) is 3.17. The van der Waals surface area contributed by atoms with Crippen molar-refractivity contribution in [2.45, 2.75) is 0 Å². The van der Waals surface area contributed by atoms with Crippen molar-refractivity contribution in [3.05, 3.63) is 69.6 Å².